The second-order valence-corrected chi connectivity index (χ2v) is 6.95. The summed E-state index contributed by atoms with van der Waals surface area (Å²) in [5, 5.41) is 24.9. The quantitative estimate of drug-likeness (QED) is 0.711. The van der Waals surface area contributed by atoms with Gasteiger partial charge in [-0.2, -0.15) is 0 Å². The first-order chi connectivity index (χ1) is 11.6. The van der Waals surface area contributed by atoms with Crippen LogP contribution in [0.1, 0.15) is 10.5 Å². The molecule has 2 unspecified atom stereocenters. The first-order valence-electron chi connectivity index (χ1n) is 7.56. The summed E-state index contributed by atoms with van der Waals surface area (Å²) in [7, 11) is 0. The number of aliphatic hydroxyl groups is 1. The van der Waals surface area contributed by atoms with E-state index >= 15 is 0 Å². The van der Waals surface area contributed by atoms with Gasteiger partial charge in [0.2, 0.25) is 0 Å². The van der Waals surface area contributed by atoms with Gasteiger partial charge in [-0.3, -0.25) is 4.79 Å². The Bertz CT molecular complexity index is 718. The Kier molecular flexibility index (Phi) is 7.46. The molecule has 1 saturated heterocycles. The van der Waals surface area contributed by atoms with Crippen molar-refractivity contribution in [3.8, 4) is 0 Å². The van der Waals surface area contributed by atoms with Crippen LogP contribution in [-0.4, -0.2) is 46.9 Å². The second-order valence-electron chi connectivity index (χ2n) is 5.48. The third kappa shape index (κ3) is 5.29. The molecule has 2 atom stereocenters. The molecule has 0 radical (unpaired) electrons. The summed E-state index contributed by atoms with van der Waals surface area (Å²) in [5.41, 5.74) is 0.249. The summed E-state index contributed by atoms with van der Waals surface area (Å²) in [6.07, 6.45) is -0.425. The summed E-state index contributed by atoms with van der Waals surface area (Å²) in [6, 6.07) is 10.8. The highest BCUT2D eigenvalue weighted by Gasteiger charge is 2.25. The maximum Gasteiger partial charge on any atom is 0.271 e. The Hall–Kier alpha value is -1.38. The molecule has 0 spiro atoms. The average molecular weight is 401 g/mol. The number of carbonyl (C=O) groups is 1. The molecule has 1 aromatic heterocycles. The average Bonchev–Trinajstić information content (AvgIpc) is 3.00. The summed E-state index contributed by atoms with van der Waals surface area (Å²) >= 11 is 7.50. The standard InChI is InChI=1S/C16H17ClN4O2S.ClH/c17-11-3-1-2-4-14(11)24-15-6-5-12(20-21-15)16(23)19-8-10-7-18-9-13(10)22;/h1-6,10,13,18,22H,7-9H2,(H,19,23);1H. The zero-order valence-corrected chi connectivity index (χ0v) is 15.6. The van der Waals surface area contributed by atoms with Crippen LogP contribution in [0.15, 0.2) is 46.3 Å². The van der Waals surface area contributed by atoms with E-state index in [4.69, 9.17) is 11.6 Å². The van der Waals surface area contributed by atoms with Crippen molar-refractivity contribution in [2.75, 3.05) is 19.6 Å². The van der Waals surface area contributed by atoms with E-state index in [1.807, 2.05) is 24.3 Å². The van der Waals surface area contributed by atoms with Crippen LogP contribution in [0.3, 0.4) is 0 Å². The lowest BCUT2D eigenvalue weighted by atomic mass is 10.1. The molecule has 1 aliphatic heterocycles. The molecule has 2 heterocycles. The topological polar surface area (TPSA) is 87.1 Å². The molecule has 3 rings (SSSR count). The van der Waals surface area contributed by atoms with Crippen molar-refractivity contribution in [1.29, 1.82) is 0 Å². The normalized spacial score (nSPS) is 19.3. The van der Waals surface area contributed by atoms with Gasteiger partial charge in [0.15, 0.2) is 5.69 Å². The van der Waals surface area contributed by atoms with Crippen molar-refractivity contribution < 1.29 is 9.90 Å². The minimum Gasteiger partial charge on any atom is -0.391 e. The van der Waals surface area contributed by atoms with Gasteiger partial charge in [0.25, 0.3) is 5.91 Å². The summed E-state index contributed by atoms with van der Waals surface area (Å²) in [5.74, 6) is -0.271. The second kappa shape index (κ2) is 9.35. The molecule has 1 fully saturated rings. The van der Waals surface area contributed by atoms with Crippen LogP contribution in [0.25, 0.3) is 0 Å². The number of benzene rings is 1. The number of halogens is 2. The summed E-state index contributed by atoms with van der Waals surface area (Å²) in [6.45, 7) is 1.67. The molecule has 0 saturated carbocycles. The van der Waals surface area contributed by atoms with Gasteiger partial charge in [-0.25, -0.2) is 0 Å². The van der Waals surface area contributed by atoms with Crippen LogP contribution in [0.2, 0.25) is 5.02 Å². The fourth-order valence-electron chi connectivity index (χ4n) is 2.38. The van der Waals surface area contributed by atoms with Crippen molar-refractivity contribution in [2.24, 2.45) is 5.92 Å². The van der Waals surface area contributed by atoms with E-state index in [0.717, 1.165) is 4.90 Å². The van der Waals surface area contributed by atoms with Crippen LogP contribution in [0.4, 0.5) is 0 Å². The summed E-state index contributed by atoms with van der Waals surface area (Å²) in [4.78, 5) is 13.0. The smallest absolute Gasteiger partial charge is 0.271 e. The molecule has 25 heavy (non-hydrogen) atoms. The van der Waals surface area contributed by atoms with Gasteiger partial charge in [-0.1, -0.05) is 35.5 Å². The van der Waals surface area contributed by atoms with E-state index in [1.165, 1.54) is 11.8 Å². The van der Waals surface area contributed by atoms with Gasteiger partial charge in [-0.15, -0.1) is 22.6 Å². The number of carbonyl (C=O) groups excluding carboxylic acids is 1. The Morgan fingerprint density at radius 2 is 2.08 bits per heavy atom. The van der Waals surface area contributed by atoms with Gasteiger partial charge in [0.1, 0.15) is 5.03 Å². The number of amides is 1. The van der Waals surface area contributed by atoms with Gasteiger partial charge in [0, 0.05) is 30.4 Å². The third-order valence-electron chi connectivity index (χ3n) is 3.75. The zero-order valence-electron chi connectivity index (χ0n) is 13.2. The van der Waals surface area contributed by atoms with Gasteiger partial charge in [0.05, 0.1) is 11.1 Å². The minimum absolute atomic E-state index is 0. The Morgan fingerprint density at radius 1 is 1.28 bits per heavy atom. The molecule has 3 N–H and O–H groups in total. The Morgan fingerprint density at radius 3 is 2.72 bits per heavy atom. The molecule has 0 bridgehead atoms. The molecule has 9 heteroatoms. The van der Waals surface area contributed by atoms with Gasteiger partial charge in [-0.05, 0) is 24.3 Å². The van der Waals surface area contributed by atoms with Crippen molar-refractivity contribution >= 4 is 41.7 Å². The van der Waals surface area contributed by atoms with Crippen molar-refractivity contribution in [1.82, 2.24) is 20.8 Å². The van der Waals surface area contributed by atoms with E-state index < -0.39 is 6.10 Å². The number of aromatic nitrogens is 2. The first-order valence-corrected chi connectivity index (χ1v) is 8.76. The lowest BCUT2D eigenvalue weighted by Crippen LogP contribution is -2.34. The molecule has 0 aliphatic carbocycles. The highest BCUT2D eigenvalue weighted by atomic mass is 35.5. The van der Waals surface area contributed by atoms with Crippen LogP contribution >= 0.6 is 35.8 Å². The molecule has 134 valence electrons. The number of aliphatic hydroxyl groups excluding tert-OH is 1. The first kappa shape index (κ1) is 19.9. The number of hydrogen-bond donors (Lipinski definition) is 3. The van der Waals surface area contributed by atoms with Crippen LogP contribution in [0.5, 0.6) is 0 Å². The van der Waals surface area contributed by atoms with E-state index in [-0.39, 0.29) is 29.9 Å². The van der Waals surface area contributed by atoms with Crippen molar-refractivity contribution in [2.45, 2.75) is 16.0 Å². The number of hydrogen-bond acceptors (Lipinski definition) is 6. The highest BCUT2D eigenvalue weighted by Crippen LogP contribution is 2.31. The predicted molar refractivity (Wildman–Crippen MR) is 99.6 cm³/mol. The molecule has 6 nitrogen and oxygen atoms in total. The number of nitrogens with zero attached hydrogens (tertiary/aromatic N) is 2. The number of nitrogens with one attached hydrogen (secondary N) is 2. The fraction of sp³-hybridized carbons (Fsp3) is 0.312. The number of β-amino-alcohol motifs (C(OH)–C–C–N with tert-alkyl or cyclic N) is 1. The van der Waals surface area contributed by atoms with Gasteiger partial charge >= 0.3 is 0 Å². The monoisotopic (exact) mass is 400 g/mol. The maximum atomic E-state index is 12.1. The molecular weight excluding hydrogens is 383 g/mol. The lowest BCUT2D eigenvalue weighted by molar-refractivity contribution is 0.0921. The Labute approximate surface area is 161 Å². The highest BCUT2D eigenvalue weighted by molar-refractivity contribution is 7.99. The third-order valence-corrected chi connectivity index (χ3v) is 5.20. The number of rotatable bonds is 5. The zero-order chi connectivity index (χ0) is 16.9. The van der Waals surface area contributed by atoms with E-state index in [2.05, 4.69) is 20.8 Å². The minimum atomic E-state index is -0.425. The fourth-order valence-corrected chi connectivity index (χ4v) is 3.38. The summed E-state index contributed by atoms with van der Waals surface area (Å²) < 4.78 is 0. The van der Waals surface area contributed by atoms with E-state index in [9.17, 15) is 9.90 Å². The molecule has 1 aromatic carbocycles. The van der Waals surface area contributed by atoms with Crippen LogP contribution in [0, 0.1) is 5.92 Å². The molecule has 2 aromatic rings. The van der Waals surface area contributed by atoms with Crippen molar-refractivity contribution in [3.63, 3.8) is 0 Å². The maximum absolute atomic E-state index is 12.1. The van der Waals surface area contributed by atoms with Crippen LogP contribution in [-0.2, 0) is 0 Å². The van der Waals surface area contributed by atoms with E-state index in [1.54, 1.807) is 12.1 Å². The Balaban J connectivity index is 0.00000225. The van der Waals surface area contributed by atoms with Crippen molar-refractivity contribution in [3.05, 3.63) is 47.1 Å². The molecule has 1 aliphatic rings. The molecule has 1 amide bonds. The lowest BCUT2D eigenvalue weighted by Gasteiger charge is -2.13. The van der Waals surface area contributed by atoms with Gasteiger partial charge < -0.3 is 15.7 Å². The largest absolute Gasteiger partial charge is 0.391 e. The van der Waals surface area contributed by atoms with E-state index in [0.29, 0.717) is 29.7 Å². The molecular formula is C16H18Cl2N4O2S. The SMILES string of the molecule is Cl.O=C(NCC1CNCC1O)c1ccc(Sc2ccccc2Cl)nn1. The van der Waals surface area contributed by atoms with Crippen LogP contribution < -0.4 is 10.6 Å². The predicted octanol–water partition coefficient (Wildman–Crippen LogP) is 2.01.